The molecule has 0 saturated carbocycles. The highest BCUT2D eigenvalue weighted by Crippen LogP contribution is 2.52. The van der Waals surface area contributed by atoms with Gasteiger partial charge < -0.3 is 19.5 Å². The van der Waals surface area contributed by atoms with E-state index in [4.69, 9.17) is 14.2 Å². The SMILES string of the molecule is CCOC(=O)c1cccc2c1N[C@@H](c1cc(Br)c(OCc3ccc(C)cc3)c(OC)c1)[C@H]1CC=C[C@@H]21. The molecule has 2 aliphatic rings. The van der Waals surface area contributed by atoms with E-state index in [1.165, 1.54) is 5.56 Å². The molecule has 5 nitrogen and oxygen atoms in total. The number of allylic oxidation sites excluding steroid dienone is 2. The van der Waals surface area contributed by atoms with Gasteiger partial charge in [0.1, 0.15) is 6.61 Å². The van der Waals surface area contributed by atoms with Gasteiger partial charge in [0.05, 0.1) is 35.5 Å². The van der Waals surface area contributed by atoms with Crippen molar-refractivity contribution < 1.29 is 19.0 Å². The molecule has 1 heterocycles. The van der Waals surface area contributed by atoms with Crippen molar-refractivity contribution in [3.05, 3.63) is 99.0 Å². The van der Waals surface area contributed by atoms with Gasteiger partial charge in [-0.2, -0.15) is 0 Å². The van der Waals surface area contributed by atoms with E-state index in [0.717, 1.165) is 33.3 Å². The minimum Gasteiger partial charge on any atom is -0.493 e. The molecular formula is C30H30BrNO4. The van der Waals surface area contributed by atoms with Crippen LogP contribution < -0.4 is 14.8 Å². The summed E-state index contributed by atoms with van der Waals surface area (Å²) in [6.07, 6.45) is 5.45. The highest BCUT2D eigenvalue weighted by molar-refractivity contribution is 9.10. The van der Waals surface area contributed by atoms with E-state index in [2.05, 4.69) is 76.7 Å². The first-order valence-corrected chi connectivity index (χ1v) is 13.1. The molecule has 0 aromatic heterocycles. The highest BCUT2D eigenvalue weighted by Gasteiger charge is 2.40. The molecule has 0 unspecified atom stereocenters. The number of halogens is 1. The molecule has 186 valence electrons. The number of fused-ring (bicyclic) bond motifs is 3. The number of aryl methyl sites for hydroxylation is 1. The Morgan fingerprint density at radius 1 is 1.14 bits per heavy atom. The van der Waals surface area contributed by atoms with Crippen molar-refractivity contribution in [2.45, 2.75) is 38.8 Å². The normalized spacial score (nSPS) is 19.7. The molecule has 3 aromatic rings. The predicted octanol–water partition coefficient (Wildman–Crippen LogP) is 7.35. The quantitative estimate of drug-likeness (QED) is 0.247. The molecule has 0 saturated heterocycles. The zero-order chi connectivity index (χ0) is 25.2. The zero-order valence-electron chi connectivity index (χ0n) is 20.7. The van der Waals surface area contributed by atoms with Gasteiger partial charge in [0.2, 0.25) is 0 Å². The van der Waals surface area contributed by atoms with E-state index in [9.17, 15) is 4.79 Å². The van der Waals surface area contributed by atoms with E-state index in [1.807, 2.05) is 25.1 Å². The molecule has 0 radical (unpaired) electrons. The first-order chi connectivity index (χ1) is 17.5. The van der Waals surface area contributed by atoms with Crippen molar-refractivity contribution in [2.24, 2.45) is 5.92 Å². The van der Waals surface area contributed by atoms with Gasteiger partial charge in [0.15, 0.2) is 11.5 Å². The van der Waals surface area contributed by atoms with Crippen molar-refractivity contribution in [3.8, 4) is 11.5 Å². The third-order valence-electron chi connectivity index (χ3n) is 7.01. The monoisotopic (exact) mass is 547 g/mol. The van der Waals surface area contributed by atoms with Crippen LogP contribution in [0.15, 0.2) is 71.2 Å². The molecule has 5 rings (SSSR count). The van der Waals surface area contributed by atoms with Crippen molar-refractivity contribution >= 4 is 27.6 Å². The lowest BCUT2D eigenvalue weighted by molar-refractivity contribution is 0.0527. The van der Waals surface area contributed by atoms with Crippen molar-refractivity contribution in [2.75, 3.05) is 19.0 Å². The Balaban J connectivity index is 1.48. The third-order valence-corrected chi connectivity index (χ3v) is 7.60. The molecule has 36 heavy (non-hydrogen) atoms. The summed E-state index contributed by atoms with van der Waals surface area (Å²) in [6, 6.07) is 18.3. The fraction of sp³-hybridized carbons (Fsp3) is 0.300. The van der Waals surface area contributed by atoms with Gasteiger partial charge in [-0.05, 0) is 77.0 Å². The lowest BCUT2D eigenvalue weighted by Gasteiger charge is -2.38. The second kappa shape index (κ2) is 10.4. The number of carbonyl (C=O) groups is 1. The van der Waals surface area contributed by atoms with E-state index < -0.39 is 0 Å². The lowest BCUT2D eigenvalue weighted by Crippen LogP contribution is -2.30. The van der Waals surface area contributed by atoms with E-state index in [-0.39, 0.29) is 17.9 Å². The maximum atomic E-state index is 12.7. The van der Waals surface area contributed by atoms with Crippen LogP contribution in [0, 0.1) is 12.8 Å². The number of nitrogens with one attached hydrogen (secondary N) is 1. The smallest absolute Gasteiger partial charge is 0.340 e. The first kappa shape index (κ1) is 24.4. The maximum Gasteiger partial charge on any atom is 0.340 e. The minimum absolute atomic E-state index is 0.00979. The van der Waals surface area contributed by atoms with Gasteiger partial charge in [0.25, 0.3) is 0 Å². The third kappa shape index (κ3) is 4.62. The summed E-state index contributed by atoms with van der Waals surface area (Å²) >= 11 is 3.73. The number of para-hydroxylation sites is 1. The van der Waals surface area contributed by atoms with Crippen LogP contribution >= 0.6 is 15.9 Å². The van der Waals surface area contributed by atoms with Gasteiger partial charge in [-0.3, -0.25) is 0 Å². The highest BCUT2D eigenvalue weighted by atomic mass is 79.9. The molecule has 0 spiro atoms. The number of benzene rings is 3. The Morgan fingerprint density at radius 2 is 1.94 bits per heavy atom. The molecule has 3 atom stereocenters. The Bertz CT molecular complexity index is 1300. The van der Waals surface area contributed by atoms with Crippen molar-refractivity contribution in [1.29, 1.82) is 0 Å². The second-order valence-corrected chi connectivity index (χ2v) is 10.1. The standard InChI is InChI=1S/C30H30BrNO4/c1-4-35-30(33)24-10-6-9-23-21-7-5-8-22(21)27(32-28(23)24)20-15-25(31)29(26(16-20)34-3)36-17-19-13-11-18(2)12-14-19/h5-7,9-16,21-22,27,32H,4,8,17H2,1-3H3/t21-,22+,27+/m1/s1. The van der Waals surface area contributed by atoms with Gasteiger partial charge in [-0.25, -0.2) is 4.79 Å². The molecule has 1 N–H and O–H groups in total. The largest absolute Gasteiger partial charge is 0.493 e. The van der Waals surface area contributed by atoms with Crippen LogP contribution in [-0.2, 0) is 11.3 Å². The number of carbonyl (C=O) groups excluding carboxylic acids is 1. The lowest BCUT2D eigenvalue weighted by atomic mass is 9.76. The molecule has 3 aromatic carbocycles. The molecule has 0 fully saturated rings. The van der Waals surface area contributed by atoms with Crippen LogP contribution in [0.2, 0.25) is 0 Å². The number of esters is 1. The number of hydrogen-bond donors (Lipinski definition) is 1. The Hall–Kier alpha value is -3.25. The summed E-state index contributed by atoms with van der Waals surface area (Å²) in [5.41, 5.74) is 5.94. The summed E-state index contributed by atoms with van der Waals surface area (Å²) < 4.78 is 18.1. The minimum atomic E-state index is -0.306. The fourth-order valence-electron chi connectivity index (χ4n) is 5.23. The topological polar surface area (TPSA) is 56.8 Å². The van der Waals surface area contributed by atoms with E-state index >= 15 is 0 Å². The van der Waals surface area contributed by atoms with Crippen LogP contribution in [0.3, 0.4) is 0 Å². The average molecular weight is 548 g/mol. The van der Waals surface area contributed by atoms with Crippen LogP contribution in [-0.4, -0.2) is 19.7 Å². The van der Waals surface area contributed by atoms with E-state index in [1.54, 1.807) is 7.11 Å². The summed E-state index contributed by atoms with van der Waals surface area (Å²) in [5.74, 6) is 1.58. The molecule has 1 aliphatic heterocycles. The van der Waals surface area contributed by atoms with Gasteiger partial charge in [-0.1, -0.05) is 54.1 Å². The number of methoxy groups -OCH3 is 1. The number of anilines is 1. The number of rotatable bonds is 7. The van der Waals surface area contributed by atoms with Crippen molar-refractivity contribution in [1.82, 2.24) is 0 Å². The Kier molecular flexibility index (Phi) is 7.06. The summed E-state index contributed by atoms with van der Waals surface area (Å²) in [5, 5.41) is 3.70. The molecule has 0 amide bonds. The summed E-state index contributed by atoms with van der Waals surface area (Å²) in [7, 11) is 1.66. The van der Waals surface area contributed by atoms with Gasteiger partial charge >= 0.3 is 5.97 Å². The zero-order valence-corrected chi connectivity index (χ0v) is 22.3. The van der Waals surface area contributed by atoms with Crippen LogP contribution in [0.4, 0.5) is 5.69 Å². The van der Waals surface area contributed by atoms with Crippen LogP contribution in [0.25, 0.3) is 0 Å². The molecule has 0 bridgehead atoms. The summed E-state index contributed by atoms with van der Waals surface area (Å²) in [4.78, 5) is 12.7. The predicted molar refractivity (Wildman–Crippen MR) is 145 cm³/mol. The van der Waals surface area contributed by atoms with Crippen LogP contribution in [0.1, 0.15) is 57.9 Å². The van der Waals surface area contributed by atoms with Crippen molar-refractivity contribution in [3.63, 3.8) is 0 Å². The summed E-state index contributed by atoms with van der Waals surface area (Å²) in [6.45, 7) is 4.68. The van der Waals surface area contributed by atoms with Gasteiger partial charge in [-0.15, -0.1) is 0 Å². The fourth-order valence-corrected chi connectivity index (χ4v) is 5.80. The van der Waals surface area contributed by atoms with Gasteiger partial charge in [0, 0.05) is 5.92 Å². The second-order valence-electron chi connectivity index (χ2n) is 9.27. The van der Waals surface area contributed by atoms with E-state index in [0.29, 0.717) is 36.2 Å². The Labute approximate surface area is 220 Å². The molecule has 6 heteroatoms. The molecule has 1 aliphatic carbocycles. The average Bonchev–Trinajstić information content (AvgIpc) is 3.38. The molecular weight excluding hydrogens is 518 g/mol. The maximum absolute atomic E-state index is 12.7. The first-order valence-electron chi connectivity index (χ1n) is 12.3. The Morgan fingerprint density at radius 3 is 2.69 bits per heavy atom. The number of hydrogen-bond acceptors (Lipinski definition) is 5. The number of ether oxygens (including phenoxy) is 3. The van der Waals surface area contributed by atoms with Crippen LogP contribution in [0.5, 0.6) is 11.5 Å².